The highest BCUT2D eigenvalue weighted by Crippen LogP contribution is 2.63. The first-order valence-corrected chi connectivity index (χ1v) is 10.1. The zero-order chi connectivity index (χ0) is 20.3. The van der Waals surface area contributed by atoms with Gasteiger partial charge in [-0.2, -0.15) is 0 Å². The van der Waals surface area contributed by atoms with Gasteiger partial charge in [0.2, 0.25) is 0 Å². The number of hydrogen-bond donors (Lipinski definition) is 1. The normalized spacial score (nSPS) is 38.9. The summed E-state index contributed by atoms with van der Waals surface area (Å²) >= 11 is 0. The summed E-state index contributed by atoms with van der Waals surface area (Å²) in [6, 6.07) is 0. The van der Waals surface area contributed by atoms with Crippen molar-refractivity contribution in [1.82, 2.24) is 0 Å². The zero-order valence-electron chi connectivity index (χ0n) is 16.4. The summed E-state index contributed by atoms with van der Waals surface area (Å²) < 4.78 is 0. The number of allylic oxidation sites excluding steroid dienone is 6. The molecule has 0 aromatic heterocycles. The lowest BCUT2D eigenvalue weighted by atomic mass is 9.47. The molecule has 2 fully saturated rings. The number of carbonyl (C=O) groups is 4. The fourth-order valence-electron chi connectivity index (χ4n) is 6.39. The first-order valence-electron chi connectivity index (χ1n) is 10.1. The molecule has 0 spiro atoms. The lowest BCUT2D eigenvalue weighted by Crippen LogP contribution is -2.54. The zero-order valence-corrected chi connectivity index (χ0v) is 16.4. The van der Waals surface area contributed by atoms with Crippen molar-refractivity contribution in [3.63, 3.8) is 0 Å². The SMILES string of the molecule is C[C@]12C=CC(=O)C=C1CC[C@@H]1[C@@H]2C(=O)C[C@]2(C)C(C(=O)CCC(=O)O)=CC[C@@H]12. The van der Waals surface area contributed by atoms with Gasteiger partial charge in [0.15, 0.2) is 11.6 Å². The van der Waals surface area contributed by atoms with Gasteiger partial charge in [0.05, 0.1) is 6.42 Å². The van der Waals surface area contributed by atoms with Gasteiger partial charge >= 0.3 is 5.97 Å². The van der Waals surface area contributed by atoms with Gasteiger partial charge in [-0.25, -0.2) is 0 Å². The Kier molecular flexibility index (Phi) is 4.32. The molecular weight excluding hydrogens is 356 g/mol. The third-order valence-corrected chi connectivity index (χ3v) is 7.70. The Bertz CT molecular complexity index is 875. The van der Waals surface area contributed by atoms with Crippen molar-refractivity contribution in [3.8, 4) is 0 Å². The number of rotatable bonds is 4. The number of hydrogen-bond acceptors (Lipinski definition) is 4. The molecule has 0 radical (unpaired) electrons. The molecule has 0 aromatic carbocycles. The predicted molar refractivity (Wildman–Crippen MR) is 102 cm³/mol. The molecule has 0 unspecified atom stereocenters. The maximum atomic E-state index is 13.4. The van der Waals surface area contributed by atoms with E-state index in [1.54, 1.807) is 12.2 Å². The van der Waals surface area contributed by atoms with E-state index in [1.807, 2.05) is 19.1 Å². The van der Waals surface area contributed by atoms with Crippen molar-refractivity contribution in [2.24, 2.45) is 28.6 Å². The molecule has 4 rings (SSSR count). The van der Waals surface area contributed by atoms with Crippen LogP contribution in [0.2, 0.25) is 0 Å². The van der Waals surface area contributed by atoms with Crippen LogP contribution in [0, 0.1) is 28.6 Å². The molecule has 2 saturated carbocycles. The minimum Gasteiger partial charge on any atom is -0.481 e. The van der Waals surface area contributed by atoms with Gasteiger partial charge in [0.25, 0.3) is 0 Å². The van der Waals surface area contributed by atoms with Gasteiger partial charge < -0.3 is 5.11 Å². The number of aliphatic carboxylic acids is 1. The lowest BCUT2D eigenvalue weighted by Gasteiger charge is -2.55. The van der Waals surface area contributed by atoms with Gasteiger partial charge in [0, 0.05) is 29.6 Å². The van der Waals surface area contributed by atoms with Crippen molar-refractivity contribution in [3.05, 3.63) is 35.5 Å². The molecular formula is C23H26O5. The average Bonchev–Trinajstić information content (AvgIpc) is 2.96. The quantitative estimate of drug-likeness (QED) is 0.804. The third kappa shape index (κ3) is 2.66. The first kappa shape index (κ1) is 19.0. The smallest absolute Gasteiger partial charge is 0.303 e. The molecule has 148 valence electrons. The van der Waals surface area contributed by atoms with Crippen LogP contribution in [-0.2, 0) is 19.2 Å². The number of carbonyl (C=O) groups excluding carboxylic acids is 3. The van der Waals surface area contributed by atoms with Crippen LogP contribution in [0.15, 0.2) is 35.5 Å². The molecule has 28 heavy (non-hydrogen) atoms. The van der Waals surface area contributed by atoms with E-state index in [9.17, 15) is 19.2 Å². The average molecular weight is 382 g/mol. The van der Waals surface area contributed by atoms with Crippen LogP contribution in [0.3, 0.4) is 0 Å². The van der Waals surface area contributed by atoms with Gasteiger partial charge in [-0.1, -0.05) is 31.6 Å². The van der Waals surface area contributed by atoms with Crippen LogP contribution in [-0.4, -0.2) is 28.4 Å². The number of fused-ring (bicyclic) bond motifs is 5. The number of carboxylic acids is 1. The highest BCUT2D eigenvalue weighted by atomic mass is 16.4. The molecule has 0 amide bonds. The largest absolute Gasteiger partial charge is 0.481 e. The minimum atomic E-state index is -0.980. The molecule has 5 heteroatoms. The Morgan fingerprint density at radius 2 is 1.96 bits per heavy atom. The first-order chi connectivity index (χ1) is 13.2. The van der Waals surface area contributed by atoms with Crippen LogP contribution in [0.25, 0.3) is 0 Å². The summed E-state index contributed by atoms with van der Waals surface area (Å²) in [6.07, 6.45) is 9.70. The van der Waals surface area contributed by atoms with E-state index in [2.05, 4.69) is 6.92 Å². The summed E-state index contributed by atoms with van der Waals surface area (Å²) in [5.41, 5.74) is 0.804. The number of carboxylic acid groups (broad SMARTS) is 1. The Labute approximate surface area is 164 Å². The summed E-state index contributed by atoms with van der Waals surface area (Å²) in [5, 5.41) is 8.89. The second kappa shape index (κ2) is 6.36. The van der Waals surface area contributed by atoms with Crippen molar-refractivity contribution < 1.29 is 24.3 Å². The van der Waals surface area contributed by atoms with Crippen LogP contribution in [0.4, 0.5) is 0 Å². The van der Waals surface area contributed by atoms with E-state index in [0.717, 1.165) is 24.8 Å². The van der Waals surface area contributed by atoms with E-state index >= 15 is 0 Å². The molecule has 0 aromatic rings. The Morgan fingerprint density at radius 1 is 1.21 bits per heavy atom. The van der Waals surface area contributed by atoms with Crippen molar-refractivity contribution in [1.29, 1.82) is 0 Å². The maximum Gasteiger partial charge on any atom is 0.303 e. The molecule has 0 bridgehead atoms. The van der Waals surface area contributed by atoms with Crippen molar-refractivity contribution in [2.75, 3.05) is 0 Å². The van der Waals surface area contributed by atoms with Crippen LogP contribution in [0.1, 0.15) is 52.4 Å². The highest BCUT2D eigenvalue weighted by molar-refractivity contribution is 6.02. The van der Waals surface area contributed by atoms with E-state index in [4.69, 9.17) is 5.11 Å². The monoisotopic (exact) mass is 382 g/mol. The van der Waals surface area contributed by atoms with E-state index in [1.165, 1.54) is 0 Å². The maximum absolute atomic E-state index is 13.4. The molecule has 0 saturated heterocycles. The molecule has 4 aliphatic carbocycles. The standard InChI is InChI=1S/C23H26O5/c1-22-10-9-14(24)11-13(22)3-4-15-16-5-6-17(18(25)7-8-20(27)28)23(16,2)12-19(26)21(15)22/h6,9-11,15-16,21H,3-5,7-8,12H2,1-2H3,(H,27,28)/t15-,16-,21+,22-,23-/m0/s1. The summed E-state index contributed by atoms with van der Waals surface area (Å²) in [4.78, 5) is 48.8. The predicted octanol–water partition coefficient (Wildman–Crippen LogP) is 3.44. The molecule has 5 atom stereocenters. The van der Waals surface area contributed by atoms with Gasteiger partial charge in [-0.3, -0.25) is 19.2 Å². The second-order valence-electron chi connectivity index (χ2n) is 9.21. The molecule has 0 aliphatic heterocycles. The Morgan fingerprint density at radius 3 is 2.68 bits per heavy atom. The topological polar surface area (TPSA) is 88.5 Å². The van der Waals surface area contributed by atoms with E-state index in [0.29, 0.717) is 12.0 Å². The van der Waals surface area contributed by atoms with E-state index in [-0.39, 0.29) is 47.9 Å². The fourth-order valence-corrected chi connectivity index (χ4v) is 6.39. The van der Waals surface area contributed by atoms with Crippen LogP contribution in [0.5, 0.6) is 0 Å². The minimum absolute atomic E-state index is 0.00660. The number of ketones is 3. The van der Waals surface area contributed by atoms with Gasteiger partial charge in [0.1, 0.15) is 5.78 Å². The number of Topliss-reactive ketones (excluding diaryl/α,β-unsaturated/α-hetero) is 2. The van der Waals surface area contributed by atoms with Crippen molar-refractivity contribution in [2.45, 2.75) is 52.4 Å². The van der Waals surface area contributed by atoms with Crippen LogP contribution < -0.4 is 0 Å². The summed E-state index contributed by atoms with van der Waals surface area (Å²) in [7, 11) is 0. The van der Waals surface area contributed by atoms with Crippen molar-refractivity contribution >= 4 is 23.3 Å². The second-order valence-corrected chi connectivity index (χ2v) is 9.21. The van der Waals surface area contributed by atoms with E-state index < -0.39 is 16.8 Å². The lowest BCUT2D eigenvalue weighted by molar-refractivity contribution is -0.141. The summed E-state index contributed by atoms with van der Waals surface area (Å²) in [6.45, 7) is 4.08. The van der Waals surface area contributed by atoms with Crippen LogP contribution >= 0.6 is 0 Å². The molecule has 0 heterocycles. The van der Waals surface area contributed by atoms with Gasteiger partial charge in [-0.05, 0) is 48.8 Å². The Balaban J connectivity index is 1.64. The summed E-state index contributed by atoms with van der Waals surface area (Å²) in [5.74, 6) is -0.731. The molecule has 4 aliphatic rings. The molecule has 1 N–H and O–H groups in total. The Hall–Kier alpha value is -2.30. The highest BCUT2D eigenvalue weighted by Gasteiger charge is 2.60. The van der Waals surface area contributed by atoms with Gasteiger partial charge in [-0.15, -0.1) is 0 Å². The third-order valence-electron chi connectivity index (χ3n) is 7.70. The fraction of sp³-hybridized carbons (Fsp3) is 0.565. The molecule has 5 nitrogen and oxygen atoms in total.